The molecule has 1 fully saturated rings. The molecule has 0 radical (unpaired) electrons. The fourth-order valence-electron chi connectivity index (χ4n) is 4.41. The number of carbonyl (C=O) groups is 2. The lowest BCUT2D eigenvalue weighted by atomic mass is 10.00. The van der Waals surface area contributed by atoms with Gasteiger partial charge in [-0.1, -0.05) is 55.4 Å². The fraction of sp³-hybridized carbons (Fsp3) is 0.385. The minimum atomic E-state index is -0.143. The van der Waals surface area contributed by atoms with Gasteiger partial charge in [0, 0.05) is 29.6 Å². The van der Waals surface area contributed by atoms with Crippen molar-refractivity contribution in [1.29, 1.82) is 0 Å². The normalized spacial score (nSPS) is 20.0. The summed E-state index contributed by atoms with van der Waals surface area (Å²) in [6.07, 6.45) is 7.95. The highest BCUT2D eigenvalue weighted by molar-refractivity contribution is 8.04. The molecular formula is C26H31N3O2S. The Hall–Kier alpha value is -2.57. The first kappa shape index (κ1) is 22.6. The minimum absolute atomic E-state index is 0.0941. The average molecular weight is 450 g/mol. The van der Waals surface area contributed by atoms with Crippen molar-refractivity contribution >= 4 is 35.3 Å². The molecule has 6 heteroatoms. The summed E-state index contributed by atoms with van der Waals surface area (Å²) in [5.74, 6) is -0.237. The summed E-state index contributed by atoms with van der Waals surface area (Å²) in [4.78, 5) is 29.3. The van der Waals surface area contributed by atoms with Crippen LogP contribution in [0.15, 0.2) is 58.3 Å². The monoisotopic (exact) mass is 449 g/mol. The van der Waals surface area contributed by atoms with Gasteiger partial charge in [-0.05, 0) is 62.1 Å². The van der Waals surface area contributed by atoms with Crippen molar-refractivity contribution in [3.05, 3.63) is 64.6 Å². The van der Waals surface area contributed by atoms with Gasteiger partial charge in [-0.25, -0.2) is 0 Å². The summed E-state index contributed by atoms with van der Waals surface area (Å²) in [6, 6.07) is 16.0. The maximum Gasteiger partial charge on any atom is 0.262 e. The number of piperidine rings is 1. The minimum Gasteiger partial charge on any atom is -0.352 e. The summed E-state index contributed by atoms with van der Waals surface area (Å²) in [5, 5.41) is 5.97. The Morgan fingerprint density at radius 3 is 2.88 bits per heavy atom. The molecule has 2 aliphatic heterocycles. The second kappa shape index (κ2) is 10.8. The van der Waals surface area contributed by atoms with Crippen LogP contribution in [0.5, 0.6) is 0 Å². The summed E-state index contributed by atoms with van der Waals surface area (Å²) >= 11 is 1.43. The van der Waals surface area contributed by atoms with Gasteiger partial charge in [0.25, 0.3) is 11.8 Å². The van der Waals surface area contributed by atoms with Crippen LogP contribution in [0.25, 0.3) is 6.08 Å². The van der Waals surface area contributed by atoms with E-state index >= 15 is 0 Å². The van der Waals surface area contributed by atoms with Gasteiger partial charge in [0.1, 0.15) is 0 Å². The van der Waals surface area contributed by atoms with Crippen molar-refractivity contribution in [3.63, 3.8) is 0 Å². The second-order valence-electron chi connectivity index (χ2n) is 8.39. The zero-order chi connectivity index (χ0) is 22.3. The van der Waals surface area contributed by atoms with E-state index in [0.717, 1.165) is 23.4 Å². The first-order valence-electron chi connectivity index (χ1n) is 11.6. The molecule has 168 valence electrons. The zero-order valence-electron chi connectivity index (χ0n) is 18.6. The third-order valence-electron chi connectivity index (χ3n) is 6.16. The van der Waals surface area contributed by atoms with Crippen LogP contribution >= 0.6 is 11.8 Å². The number of hydrogen-bond donors (Lipinski definition) is 2. The molecule has 0 saturated carbocycles. The van der Waals surface area contributed by atoms with Gasteiger partial charge in [-0.3, -0.25) is 9.59 Å². The zero-order valence-corrected chi connectivity index (χ0v) is 19.4. The molecule has 2 aromatic carbocycles. The number of amides is 2. The molecular weight excluding hydrogens is 418 g/mol. The van der Waals surface area contributed by atoms with Crippen LogP contribution in [0.1, 0.15) is 54.9 Å². The van der Waals surface area contributed by atoms with E-state index in [1.807, 2.05) is 48.5 Å². The molecule has 2 aliphatic rings. The first-order valence-corrected chi connectivity index (χ1v) is 12.4. The van der Waals surface area contributed by atoms with Gasteiger partial charge < -0.3 is 15.5 Å². The molecule has 2 amide bonds. The maximum absolute atomic E-state index is 12.6. The number of thioether (sulfide) groups is 1. The highest BCUT2D eigenvalue weighted by Crippen LogP contribution is 2.39. The van der Waals surface area contributed by atoms with E-state index in [1.165, 1.54) is 44.0 Å². The van der Waals surface area contributed by atoms with Gasteiger partial charge >= 0.3 is 0 Å². The number of benzene rings is 2. The molecule has 1 atom stereocenters. The van der Waals surface area contributed by atoms with Crippen molar-refractivity contribution in [3.8, 4) is 0 Å². The lowest BCUT2D eigenvalue weighted by molar-refractivity contribution is -0.112. The predicted octanol–water partition coefficient (Wildman–Crippen LogP) is 5.16. The molecule has 1 saturated heterocycles. The second-order valence-corrected chi connectivity index (χ2v) is 9.47. The topological polar surface area (TPSA) is 61.4 Å². The van der Waals surface area contributed by atoms with Crippen LogP contribution < -0.4 is 10.6 Å². The summed E-state index contributed by atoms with van der Waals surface area (Å²) in [6.45, 7) is 5.13. The van der Waals surface area contributed by atoms with Crippen LogP contribution in [-0.4, -0.2) is 42.4 Å². The highest BCUT2D eigenvalue weighted by Gasteiger charge is 2.23. The summed E-state index contributed by atoms with van der Waals surface area (Å²) in [5.41, 5.74) is 2.25. The van der Waals surface area contributed by atoms with Gasteiger partial charge in [0.2, 0.25) is 0 Å². The molecule has 0 aromatic heterocycles. The quantitative estimate of drug-likeness (QED) is 0.453. The lowest BCUT2D eigenvalue weighted by Gasteiger charge is -2.35. The number of rotatable bonds is 7. The largest absolute Gasteiger partial charge is 0.352 e. The highest BCUT2D eigenvalue weighted by atomic mass is 32.2. The predicted molar refractivity (Wildman–Crippen MR) is 132 cm³/mol. The molecule has 1 unspecified atom stereocenters. The maximum atomic E-state index is 12.6. The number of anilines is 1. The molecule has 2 heterocycles. The van der Waals surface area contributed by atoms with Crippen molar-refractivity contribution in [2.75, 3.05) is 25.0 Å². The van der Waals surface area contributed by atoms with Crippen molar-refractivity contribution < 1.29 is 9.59 Å². The van der Waals surface area contributed by atoms with E-state index in [9.17, 15) is 9.59 Å². The smallest absolute Gasteiger partial charge is 0.262 e. The van der Waals surface area contributed by atoms with Crippen LogP contribution in [-0.2, 0) is 4.79 Å². The Bertz CT molecular complexity index is 990. The number of nitrogens with zero attached hydrogens (tertiary/aromatic N) is 1. The molecule has 5 nitrogen and oxygen atoms in total. The number of likely N-dealkylation sites (tertiary alicyclic amines) is 1. The third kappa shape index (κ3) is 5.61. The number of carbonyl (C=O) groups excluding carboxylic acids is 2. The van der Waals surface area contributed by atoms with Crippen molar-refractivity contribution in [1.82, 2.24) is 10.2 Å². The molecule has 2 N–H and O–H groups in total. The Morgan fingerprint density at radius 2 is 2.06 bits per heavy atom. The fourth-order valence-corrected chi connectivity index (χ4v) is 5.34. The number of nitrogens with one attached hydrogen (secondary N) is 2. The van der Waals surface area contributed by atoms with E-state index in [2.05, 4.69) is 22.5 Å². The Labute approximate surface area is 194 Å². The Kier molecular flexibility index (Phi) is 7.66. The van der Waals surface area contributed by atoms with E-state index < -0.39 is 0 Å². The lowest BCUT2D eigenvalue weighted by Crippen LogP contribution is -2.40. The van der Waals surface area contributed by atoms with Gasteiger partial charge in [-0.2, -0.15) is 0 Å². The molecule has 0 aliphatic carbocycles. The van der Waals surface area contributed by atoms with E-state index in [-0.39, 0.29) is 11.8 Å². The van der Waals surface area contributed by atoms with Crippen molar-refractivity contribution in [2.45, 2.75) is 50.0 Å². The van der Waals surface area contributed by atoms with Crippen LogP contribution in [0.2, 0.25) is 0 Å². The van der Waals surface area contributed by atoms with Crippen LogP contribution in [0.3, 0.4) is 0 Å². The molecule has 32 heavy (non-hydrogen) atoms. The Balaban J connectivity index is 1.32. The van der Waals surface area contributed by atoms with Gasteiger partial charge in [0.05, 0.1) is 10.6 Å². The van der Waals surface area contributed by atoms with Crippen LogP contribution in [0, 0.1) is 0 Å². The SMILES string of the molecule is CCC1CCCCN1CCCNC(=O)c1ccc2c(c1)NC(=O)/C(=C/c1ccccc1)S2. The van der Waals surface area contributed by atoms with E-state index in [1.54, 1.807) is 6.07 Å². The average Bonchev–Trinajstić information content (AvgIpc) is 2.82. The molecule has 2 aromatic rings. The van der Waals surface area contributed by atoms with Gasteiger partial charge in [-0.15, -0.1) is 0 Å². The van der Waals surface area contributed by atoms with Gasteiger partial charge in [0.15, 0.2) is 0 Å². The molecule has 0 spiro atoms. The number of hydrogen-bond acceptors (Lipinski definition) is 4. The summed E-state index contributed by atoms with van der Waals surface area (Å²) < 4.78 is 0. The number of fused-ring (bicyclic) bond motifs is 1. The van der Waals surface area contributed by atoms with E-state index in [0.29, 0.717) is 28.7 Å². The standard InChI is InChI=1S/C26H31N3O2S/c1-2-21-11-6-7-15-29(21)16-8-14-27-25(30)20-12-13-23-22(18-20)28-26(31)24(32-23)17-19-9-4-3-5-10-19/h3-5,9-10,12-13,17-18,21H,2,6-8,11,14-16H2,1H3,(H,27,30)(H,28,31)/b24-17-. The molecule has 0 bridgehead atoms. The van der Waals surface area contributed by atoms with E-state index in [4.69, 9.17) is 0 Å². The van der Waals surface area contributed by atoms with Crippen LogP contribution in [0.4, 0.5) is 5.69 Å². The Morgan fingerprint density at radius 1 is 1.22 bits per heavy atom. The first-order chi connectivity index (χ1) is 15.6. The molecule has 4 rings (SSSR count). The van der Waals surface area contributed by atoms with Crippen molar-refractivity contribution in [2.24, 2.45) is 0 Å². The summed E-state index contributed by atoms with van der Waals surface area (Å²) in [7, 11) is 0. The third-order valence-corrected chi connectivity index (χ3v) is 7.26.